The molecule has 3 aromatic rings. The summed E-state index contributed by atoms with van der Waals surface area (Å²) in [6.45, 7) is 0.594. The van der Waals surface area contributed by atoms with E-state index in [2.05, 4.69) is 15.6 Å². The molecule has 1 aromatic heterocycles. The maximum absolute atomic E-state index is 12.8. The quantitative estimate of drug-likeness (QED) is 0.649. The molecule has 2 aromatic carbocycles. The molecule has 8 heteroatoms. The molecule has 4 rings (SSSR count). The summed E-state index contributed by atoms with van der Waals surface area (Å²) in [6.07, 6.45) is 2.27. The molecule has 2 N–H and O–H groups in total. The highest BCUT2D eigenvalue weighted by Gasteiger charge is 2.24. The van der Waals surface area contributed by atoms with Crippen LogP contribution >= 0.6 is 11.6 Å². The van der Waals surface area contributed by atoms with E-state index in [1.165, 1.54) is 13.2 Å². The minimum absolute atomic E-state index is 0.223. The fourth-order valence-corrected chi connectivity index (χ4v) is 3.47. The summed E-state index contributed by atoms with van der Waals surface area (Å²) in [6, 6.07) is 15.6. The van der Waals surface area contributed by atoms with E-state index in [0.29, 0.717) is 28.8 Å². The molecule has 0 saturated heterocycles. The van der Waals surface area contributed by atoms with Crippen molar-refractivity contribution in [3.05, 3.63) is 77.1 Å². The average molecular weight is 423 g/mol. The van der Waals surface area contributed by atoms with Crippen LogP contribution in [0.15, 0.2) is 60.8 Å². The Labute approximate surface area is 178 Å². The number of hydrogen-bond donors (Lipinski definition) is 2. The molecule has 0 fully saturated rings. The predicted molar refractivity (Wildman–Crippen MR) is 116 cm³/mol. The molecule has 0 spiro atoms. The van der Waals surface area contributed by atoms with E-state index in [1.54, 1.807) is 47.4 Å². The van der Waals surface area contributed by atoms with Gasteiger partial charge in [0.25, 0.3) is 5.91 Å². The van der Waals surface area contributed by atoms with Crippen LogP contribution in [0.2, 0.25) is 5.02 Å². The first-order valence-corrected chi connectivity index (χ1v) is 9.74. The first-order chi connectivity index (χ1) is 14.5. The van der Waals surface area contributed by atoms with Crippen molar-refractivity contribution in [1.29, 1.82) is 0 Å². The number of carbonyl (C=O) groups is 2. The summed E-state index contributed by atoms with van der Waals surface area (Å²) in [5.41, 5.74) is 2.77. The van der Waals surface area contributed by atoms with Crippen LogP contribution < -0.4 is 20.3 Å². The molecule has 0 unspecified atom stereocenters. The summed E-state index contributed by atoms with van der Waals surface area (Å²) >= 11 is 6.04. The number of halogens is 1. The highest BCUT2D eigenvalue weighted by Crippen LogP contribution is 2.31. The number of urea groups is 1. The van der Waals surface area contributed by atoms with Gasteiger partial charge in [-0.25, -0.2) is 4.79 Å². The SMILES string of the molecule is CNC(=O)c1cc(Oc2cccc(NC(=O)N3CCc4cc(Cl)ccc43)c2)ccn1. The molecule has 0 atom stereocenters. The first-order valence-electron chi connectivity index (χ1n) is 9.36. The Balaban J connectivity index is 1.47. The number of nitrogens with zero attached hydrogens (tertiary/aromatic N) is 2. The molecule has 0 aliphatic carbocycles. The average Bonchev–Trinajstić information content (AvgIpc) is 3.16. The first kappa shape index (κ1) is 19.7. The lowest BCUT2D eigenvalue weighted by Crippen LogP contribution is -2.33. The van der Waals surface area contributed by atoms with Gasteiger partial charge in [-0.05, 0) is 48.4 Å². The second-order valence-corrected chi connectivity index (χ2v) is 7.13. The zero-order valence-corrected chi connectivity index (χ0v) is 16.9. The molecule has 1 aliphatic rings. The Kier molecular flexibility index (Phi) is 5.54. The maximum atomic E-state index is 12.8. The summed E-state index contributed by atoms with van der Waals surface area (Å²) < 4.78 is 5.83. The van der Waals surface area contributed by atoms with E-state index >= 15 is 0 Å². The van der Waals surface area contributed by atoms with Crippen molar-refractivity contribution < 1.29 is 14.3 Å². The summed E-state index contributed by atoms with van der Waals surface area (Å²) in [7, 11) is 1.54. The van der Waals surface area contributed by atoms with Gasteiger partial charge in [0.05, 0.1) is 0 Å². The molecule has 1 aliphatic heterocycles. The third-order valence-electron chi connectivity index (χ3n) is 4.69. The Morgan fingerprint density at radius 2 is 1.93 bits per heavy atom. The number of benzene rings is 2. The number of aromatic nitrogens is 1. The van der Waals surface area contributed by atoms with Crippen LogP contribution in [0.4, 0.5) is 16.2 Å². The van der Waals surface area contributed by atoms with Crippen molar-refractivity contribution >= 4 is 34.9 Å². The van der Waals surface area contributed by atoms with Crippen LogP contribution in [-0.4, -0.2) is 30.5 Å². The maximum Gasteiger partial charge on any atom is 0.326 e. The normalized spacial score (nSPS) is 12.3. The van der Waals surface area contributed by atoms with Crippen molar-refractivity contribution in [3.63, 3.8) is 0 Å². The Morgan fingerprint density at radius 3 is 2.77 bits per heavy atom. The minimum Gasteiger partial charge on any atom is -0.457 e. The Hall–Kier alpha value is -3.58. The van der Waals surface area contributed by atoms with Crippen LogP contribution in [0.3, 0.4) is 0 Å². The number of fused-ring (bicyclic) bond motifs is 1. The number of rotatable bonds is 4. The van der Waals surface area contributed by atoms with Crippen LogP contribution in [0.25, 0.3) is 0 Å². The highest BCUT2D eigenvalue weighted by molar-refractivity contribution is 6.30. The molecule has 152 valence electrons. The Bertz CT molecular complexity index is 1120. The van der Waals surface area contributed by atoms with Crippen molar-refractivity contribution in [3.8, 4) is 11.5 Å². The third kappa shape index (κ3) is 4.21. The molecular formula is C22H19ClN4O3. The van der Waals surface area contributed by atoms with E-state index in [4.69, 9.17) is 16.3 Å². The van der Waals surface area contributed by atoms with Crippen molar-refractivity contribution in [2.45, 2.75) is 6.42 Å². The van der Waals surface area contributed by atoms with Gasteiger partial charge in [-0.15, -0.1) is 0 Å². The predicted octanol–water partition coefficient (Wildman–Crippen LogP) is 4.48. The zero-order valence-electron chi connectivity index (χ0n) is 16.2. The van der Waals surface area contributed by atoms with Gasteiger partial charge in [-0.2, -0.15) is 0 Å². The molecule has 2 heterocycles. The molecule has 0 radical (unpaired) electrons. The lowest BCUT2D eigenvalue weighted by atomic mass is 10.2. The summed E-state index contributed by atoms with van der Waals surface area (Å²) in [5.74, 6) is 0.696. The molecule has 30 heavy (non-hydrogen) atoms. The van der Waals surface area contributed by atoms with Crippen LogP contribution in [-0.2, 0) is 6.42 Å². The van der Waals surface area contributed by atoms with Gasteiger partial charge in [0.15, 0.2) is 0 Å². The zero-order chi connectivity index (χ0) is 21.1. The number of carbonyl (C=O) groups excluding carboxylic acids is 2. The monoisotopic (exact) mass is 422 g/mol. The van der Waals surface area contributed by atoms with Crippen LogP contribution in [0.1, 0.15) is 16.1 Å². The minimum atomic E-state index is -0.298. The van der Waals surface area contributed by atoms with Gasteiger partial charge >= 0.3 is 6.03 Å². The standard InChI is InChI=1S/C22H19ClN4O3/c1-24-21(28)19-13-18(7-9-25-19)30-17-4-2-3-16(12-17)26-22(29)27-10-8-14-11-15(23)5-6-20(14)27/h2-7,9,11-13H,8,10H2,1H3,(H,24,28)(H,26,29). The number of pyridine rings is 1. The number of hydrogen-bond acceptors (Lipinski definition) is 4. The number of anilines is 2. The van der Waals surface area contributed by atoms with Gasteiger partial charge < -0.3 is 15.4 Å². The van der Waals surface area contributed by atoms with E-state index < -0.39 is 0 Å². The largest absolute Gasteiger partial charge is 0.457 e. The number of nitrogens with one attached hydrogen (secondary N) is 2. The lowest BCUT2D eigenvalue weighted by molar-refractivity contribution is 0.0958. The topological polar surface area (TPSA) is 83.6 Å². The van der Waals surface area contributed by atoms with Crippen molar-refractivity contribution in [1.82, 2.24) is 10.3 Å². The van der Waals surface area contributed by atoms with Crippen LogP contribution in [0, 0.1) is 0 Å². The fraction of sp³-hybridized carbons (Fsp3) is 0.136. The fourth-order valence-electron chi connectivity index (χ4n) is 3.27. The van der Waals surface area contributed by atoms with Gasteiger partial charge in [-0.1, -0.05) is 17.7 Å². The molecular weight excluding hydrogens is 404 g/mol. The van der Waals surface area contributed by atoms with Crippen molar-refractivity contribution in [2.24, 2.45) is 0 Å². The van der Waals surface area contributed by atoms with Crippen molar-refractivity contribution in [2.75, 3.05) is 23.8 Å². The number of amides is 3. The lowest BCUT2D eigenvalue weighted by Gasteiger charge is -2.18. The van der Waals surface area contributed by atoms with Gasteiger partial charge in [0.2, 0.25) is 0 Å². The molecule has 0 saturated carbocycles. The highest BCUT2D eigenvalue weighted by atomic mass is 35.5. The van der Waals surface area contributed by atoms with Gasteiger partial charge in [0.1, 0.15) is 17.2 Å². The number of ether oxygens (including phenoxy) is 1. The van der Waals surface area contributed by atoms with E-state index in [0.717, 1.165) is 17.7 Å². The summed E-state index contributed by atoms with van der Waals surface area (Å²) in [5, 5.41) is 6.09. The van der Waals surface area contributed by atoms with Gasteiger partial charge in [-0.3, -0.25) is 14.7 Å². The second-order valence-electron chi connectivity index (χ2n) is 6.69. The van der Waals surface area contributed by atoms with Crippen LogP contribution in [0.5, 0.6) is 11.5 Å². The van der Waals surface area contributed by atoms with Gasteiger partial charge in [0, 0.05) is 48.3 Å². The molecule has 7 nitrogen and oxygen atoms in total. The summed E-state index contributed by atoms with van der Waals surface area (Å²) in [4.78, 5) is 30.2. The second kappa shape index (κ2) is 8.42. The van der Waals surface area contributed by atoms with E-state index in [-0.39, 0.29) is 17.6 Å². The molecule has 0 bridgehead atoms. The third-order valence-corrected chi connectivity index (χ3v) is 4.93. The Morgan fingerprint density at radius 1 is 1.10 bits per heavy atom. The molecule has 3 amide bonds. The van der Waals surface area contributed by atoms with E-state index in [1.807, 2.05) is 12.1 Å². The smallest absolute Gasteiger partial charge is 0.326 e. The van der Waals surface area contributed by atoms with E-state index in [9.17, 15) is 9.59 Å².